The molecule has 1 aromatic rings. The van der Waals surface area contributed by atoms with Crippen molar-refractivity contribution in [3.05, 3.63) is 15.9 Å². The maximum atomic E-state index is 4.66. The molecule has 0 bridgehead atoms. The minimum absolute atomic E-state index is 0.755. The molecule has 0 N–H and O–H groups in total. The predicted molar refractivity (Wildman–Crippen MR) is 86.8 cm³/mol. The van der Waals surface area contributed by atoms with Gasteiger partial charge in [-0.3, -0.25) is 4.68 Å². The zero-order chi connectivity index (χ0) is 14.0. The molecule has 2 rings (SSSR count). The summed E-state index contributed by atoms with van der Waals surface area (Å²) in [5, 5.41) is 4.66. The van der Waals surface area contributed by atoms with E-state index in [2.05, 4.69) is 67.4 Å². The van der Waals surface area contributed by atoms with E-state index in [1.807, 2.05) is 0 Å². The van der Waals surface area contributed by atoms with Crippen LogP contribution in [0.1, 0.15) is 38.1 Å². The van der Waals surface area contributed by atoms with Crippen molar-refractivity contribution in [2.45, 2.75) is 51.0 Å². The summed E-state index contributed by atoms with van der Waals surface area (Å²) in [7, 11) is 2.21. The van der Waals surface area contributed by atoms with Gasteiger partial charge in [0.1, 0.15) is 0 Å². The van der Waals surface area contributed by atoms with Crippen molar-refractivity contribution in [3.8, 4) is 0 Å². The summed E-state index contributed by atoms with van der Waals surface area (Å²) in [6.07, 6.45) is 3.62. The van der Waals surface area contributed by atoms with Crippen LogP contribution in [0.5, 0.6) is 0 Å². The molecule has 1 saturated carbocycles. The fourth-order valence-corrected chi connectivity index (χ4v) is 4.48. The summed E-state index contributed by atoms with van der Waals surface area (Å²) < 4.78 is 3.34. The van der Waals surface area contributed by atoms with Crippen LogP contribution in [-0.4, -0.2) is 33.1 Å². The molecule has 1 fully saturated rings. The van der Waals surface area contributed by atoms with Gasteiger partial charge in [0, 0.05) is 24.5 Å². The van der Waals surface area contributed by atoms with Gasteiger partial charge < -0.3 is 4.90 Å². The van der Waals surface area contributed by atoms with Gasteiger partial charge in [0.15, 0.2) is 0 Å². The number of nitrogens with zero attached hydrogens (tertiary/aromatic N) is 3. The molecule has 5 heteroatoms. The standard InChI is InChI=1S/C14H23Br2N3/c1-4-12-14(16)13(19(5-2)17-12)9-18(3)8-10-6-11(15)7-10/h10-11H,4-9H2,1-3H3. The summed E-state index contributed by atoms with van der Waals surface area (Å²) in [5.74, 6) is 0.858. The smallest absolute Gasteiger partial charge is 0.0767 e. The normalized spacial score (nSPS) is 22.8. The van der Waals surface area contributed by atoms with Crippen LogP contribution in [-0.2, 0) is 19.5 Å². The maximum absolute atomic E-state index is 4.66. The van der Waals surface area contributed by atoms with Crippen LogP contribution in [0.25, 0.3) is 0 Å². The van der Waals surface area contributed by atoms with Crippen molar-refractivity contribution in [1.82, 2.24) is 14.7 Å². The maximum Gasteiger partial charge on any atom is 0.0767 e. The van der Waals surface area contributed by atoms with E-state index in [0.717, 1.165) is 30.3 Å². The van der Waals surface area contributed by atoms with Crippen LogP contribution in [0.4, 0.5) is 0 Å². The third-order valence-electron chi connectivity index (χ3n) is 3.86. The molecule has 1 aromatic heterocycles. The molecule has 0 spiro atoms. The molecular formula is C14H23Br2N3. The first-order valence-corrected chi connectivity index (χ1v) is 8.82. The molecule has 1 aliphatic carbocycles. The molecule has 0 aliphatic heterocycles. The SMILES string of the molecule is CCc1nn(CC)c(CN(C)CC2CC(Br)C2)c1Br. The van der Waals surface area contributed by atoms with Crippen LogP contribution in [0.2, 0.25) is 0 Å². The number of aryl methyl sites for hydroxylation is 2. The van der Waals surface area contributed by atoms with Gasteiger partial charge in [0.25, 0.3) is 0 Å². The van der Waals surface area contributed by atoms with E-state index in [-0.39, 0.29) is 0 Å². The molecule has 3 nitrogen and oxygen atoms in total. The van der Waals surface area contributed by atoms with E-state index in [4.69, 9.17) is 0 Å². The lowest BCUT2D eigenvalue weighted by atomic mass is 9.85. The molecule has 0 radical (unpaired) electrons. The zero-order valence-electron chi connectivity index (χ0n) is 12.0. The molecular weight excluding hydrogens is 370 g/mol. The van der Waals surface area contributed by atoms with Crippen molar-refractivity contribution < 1.29 is 0 Å². The van der Waals surface area contributed by atoms with Gasteiger partial charge in [0.05, 0.1) is 15.9 Å². The summed E-state index contributed by atoms with van der Waals surface area (Å²) >= 11 is 7.39. The summed E-state index contributed by atoms with van der Waals surface area (Å²) in [6, 6.07) is 0. The highest BCUT2D eigenvalue weighted by atomic mass is 79.9. The van der Waals surface area contributed by atoms with Gasteiger partial charge in [-0.1, -0.05) is 22.9 Å². The Morgan fingerprint density at radius 2 is 2.05 bits per heavy atom. The number of rotatable bonds is 6. The highest BCUT2D eigenvalue weighted by molar-refractivity contribution is 9.10. The van der Waals surface area contributed by atoms with Crippen molar-refractivity contribution in [2.24, 2.45) is 5.92 Å². The average Bonchev–Trinajstić information content (AvgIpc) is 2.64. The van der Waals surface area contributed by atoms with E-state index in [0.29, 0.717) is 0 Å². The van der Waals surface area contributed by atoms with E-state index < -0.39 is 0 Å². The van der Waals surface area contributed by atoms with Gasteiger partial charge >= 0.3 is 0 Å². The fourth-order valence-electron chi connectivity index (χ4n) is 2.73. The Morgan fingerprint density at radius 1 is 1.37 bits per heavy atom. The monoisotopic (exact) mass is 391 g/mol. The van der Waals surface area contributed by atoms with Crippen LogP contribution in [0, 0.1) is 5.92 Å². The number of halogens is 2. The van der Waals surface area contributed by atoms with E-state index in [1.54, 1.807) is 0 Å². The zero-order valence-corrected chi connectivity index (χ0v) is 15.2. The molecule has 0 unspecified atom stereocenters. The number of hydrogen-bond acceptors (Lipinski definition) is 2. The van der Waals surface area contributed by atoms with Crippen LogP contribution >= 0.6 is 31.9 Å². The Hall–Kier alpha value is 0.130. The van der Waals surface area contributed by atoms with Crippen LogP contribution in [0.15, 0.2) is 4.47 Å². The Labute approximate surface area is 133 Å². The Kier molecular flexibility index (Phi) is 5.49. The van der Waals surface area contributed by atoms with E-state index >= 15 is 0 Å². The summed E-state index contributed by atoms with van der Waals surface area (Å²) in [5.41, 5.74) is 2.49. The molecule has 0 saturated heterocycles. The highest BCUT2D eigenvalue weighted by Gasteiger charge is 2.28. The van der Waals surface area contributed by atoms with Crippen molar-refractivity contribution in [1.29, 1.82) is 0 Å². The lowest BCUT2D eigenvalue weighted by Crippen LogP contribution is -2.34. The molecule has 1 aliphatic rings. The minimum Gasteiger partial charge on any atom is -0.300 e. The van der Waals surface area contributed by atoms with Crippen molar-refractivity contribution in [3.63, 3.8) is 0 Å². The van der Waals surface area contributed by atoms with Crippen molar-refractivity contribution in [2.75, 3.05) is 13.6 Å². The van der Waals surface area contributed by atoms with Crippen molar-refractivity contribution >= 4 is 31.9 Å². The second-order valence-electron chi connectivity index (χ2n) is 5.51. The topological polar surface area (TPSA) is 21.1 Å². The minimum atomic E-state index is 0.755. The van der Waals surface area contributed by atoms with E-state index in [9.17, 15) is 0 Å². The summed E-state index contributed by atoms with van der Waals surface area (Å²) in [6.45, 7) is 7.42. The second-order valence-corrected chi connectivity index (χ2v) is 7.60. The molecule has 108 valence electrons. The third-order valence-corrected chi connectivity index (χ3v) is 5.52. The quantitative estimate of drug-likeness (QED) is 0.686. The van der Waals surface area contributed by atoms with Gasteiger partial charge in [-0.2, -0.15) is 5.10 Å². The molecule has 0 amide bonds. The highest BCUT2D eigenvalue weighted by Crippen LogP contribution is 2.34. The number of aromatic nitrogens is 2. The lowest BCUT2D eigenvalue weighted by Gasteiger charge is -2.34. The molecule has 0 aromatic carbocycles. The largest absolute Gasteiger partial charge is 0.300 e. The first-order valence-electron chi connectivity index (χ1n) is 7.11. The fraction of sp³-hybridized carbons (Fsp3) is 0.786. The van der Waals surface area contributed by atoms with Crippen LogP contribution < -0.4 is 0 Å². The van der Waals surface area contributed by atoms with Gasteiger partial charge in [0.2, 0.25) is 0 Å². The van der Waals surface area contributed by atoms with Gasteiger partial charge in [-0.05, 0) is 55.1 Å². The van der Waals surface area contributed by atoms with Gasteiger partial charge in [-0.15, -0.1) is 0 Å². The first-order chi connectivity index (χ1) is 9.05. The third kappa shape index (κ3) is 3.61. The Balaban J connectivity index is 1.99. The number of alkyl halides is 1. The average molecular weight is 393 g/mol. The first kappa shape index (κ1) is 15.5. The second kappa shape index (κ2) is 6.72. The Morgan fingerprint density at radius 3 is 2.58 bits per heavy atom. The van der Waals surface area contributed by atoms with Gasteiger partial charge in [-0.25, -0.2) is 0 Å². The molecule has 0 atom stereocenters. The molecule has 1 heterocycles. The number of hydrogen-bond donors (Lipinski definition) is 0. The molecule has 19 heavy (non-hydrogen) atoms. The van der Waals surface area contributed by atoms with Crippen LogP contribution in [0.3, 0.4) is 0 Å². The lowest BCUT2D eigenvalue weighted by molar-refractivity contribution is 0.204. The Bertz CT molecular complexity index is 425. The summed E-state index contributed by atoms with van der Waals surface area (Å²) in [4.78, 5) is 3.18. The predicted octanol–water partition coefficient (Wildman–Crippen LogP) is 3.83. The van der Waals surface area contributed by atoms with E-state index in [1.165, 1.54) is 35.2 Å².